The highest BCUT2D eigenvalue weighted by Gasteiger charge is 2.64. The van der Waals surface area contributed by atoms with E-state index in [4.69, 9.17) is 0 Å². The van der Waals surface area contributed by atoms with Crippen molar-refractivity contribution < 1.29 is 20.4 Å². The second-order valence-corrected chi connectivity index (χ2v) is 10.3. The van der Waals surface area contributed by atoms with Crippen LogP contribution in [0.2, 0.25) is 0 Å². The van der Waals surface area contributed by atoms with Crippen molar-refractivity contribution >= 4 is 0 Å². The minimum Gasteiger partial charge on any atom is -0.504 e. The second kappa shape index (κ2) is 7.08. The van der Waals surface area contributed by atoms with Crippen molar-refractivity contribution in [3.05, 3.63) is 46.5 Å². The summed E-state index contributed by atoms with van der Waals surface area (Å²) >= 11 is 0. The van der Waals surface area contributed by atoms with Crippen molar-refractivity contribution in [1.29, 1.82) is 0 Å². The minimum atomic E-state index is -0.385. The van der Waals surface area contributed by atoms with Crippen LogP contribution in [0.15, 0.2) is 24.3 Å². The predicted molar refractivity (Wildman–Crippen MR) is 123 cm³/mol. The van der Waals surface area contributed by atoms with Crippen molar-refractivity contribution in [2.75, 3.05) is 0 Å². The summed E-state index contributed by atoms with van der Waals surface area (Å²) in [5.41, 5.74) is 2.87. The van der Waals surface area contributed by atoms with Crippen molar-refractivity contribution in [3.8, 4) is 23.0 Å². The molecule has 4 atom stereocenters. The average Bonchev–Trinajstić information content (AvgIpc) is 3.08. The molecule has 0 fully saturated rings. The number of benzene rings is 2. The van der Waals surface area contributed by atoms with E-state index in [1.165, 1.54) is 0 Å². The summed E-state index contributed by atoms with van der Waals surface area (Å²) in [5.74, 6) is 0.0422. The molecule has 31 heavy (non-hydrogen) atoms. The molecule has 0 heterocycles. The lowest BCUT2D eigenvalue weighted by atomic mass is 9.61. The van der Waals surface area contributed by atoms with Crippen LogP contribution in [-0.4, -0.2) is 20.4 Å². The monoisotopic (exact) mass is 424 g/mol. The largest absolute Gasteiger partial charge is 0.504 e. The average molecular weight is 425 g/mol. The van der Waals surface area contributed by atoms with Gasteiger partial charge in [0, 0.05) is 22.0 Å². The fourth-order valence-electron chi connectivity index (χ4n) is 7.73. The molecule has 0 radical (unpaired) electrons. The molecule has 168 valence electrons. The first-order valence-electron chi connectivity index (χ1n) is 11.7. The van der Waals surface area contributed by atoms with Crippen LogP contribution in [0, 0.1) is 5.92 Å². The summed E-state index contributed by atoms with van der Waals surface area (Å²) in [5, 5.41) is 42.9. The van der Waals surface area contributed by atoms with Crippen molar-refractivity contribution in [3.63, 3.8) is 0 Å². The number of phenols is 4. The number of rotatable bonds is 5. The molecule has 0 aromatic heterocycles. The van der Waals surface area contributed by atoms with E-state index >= 15 is 0 Å². The highest BCUT2D eigenvalue weighted by molar-refractivity contribution is 5.69. The van der Waals surface area contributed by atoms with Gasteiger partial charge in [0.05, 0.1) is 0 Å². The Labute approximate surface area is 185 Å². The Morgan fingerprint density at radius 1 is 0.774 bits per heavy atom. The van der Waals surface area contributed by atoms with E-state index in [1.807, 2.05) is 12.1 Å². The molecular weight excluding hydrogens is 388 g/mol. The van der Waals surface area contributed by atoms with E-state index in [9.17, 15) is 20.4 Å². The van der Waals surface area contributed by atoms with Crippen LogP contribution in [0.3, 0.4) is 0 Å². The van der Waals surface area contributed by atoms with Gasteiger partial charge >= 0.3 is 0 Å². The smallest absolute Gasteiger partial charge is 0.161 e. The van der Waals surface area contributed by atoms with Crippen LogP contribution in [0.1, 0.15) is 95.4 Å². The Balaban J connectivity index is 2.13. The number of phenolic OH excluding ortho intramolecular Hbond substituents is 4. The van der Waals surface area contributed by atoms with Gasteiger partial charge in [-0.1, -0.05) is 66.0 Å². The lowest BCUT2D eigenvalue weighted by molar-refractivity contribution is 0.182. The first-order chi connectivity index (χ1) is 14.6. The number of hydrogen-bond acceptors (Lipinski definition) is 4. The van der Waals surface area contributed by atoms with Crippen LogP contribution in [0.5, 0.6) is 23.0 Å². The first-order valence-corrected chi connectivity index (χ1v) is 11.7. The minimum absolute atomic E-state index is 0.00239. The SMILES string of the molecule is CCCC1(C)CC2(c3ccc(O)c(O)c31)c1ccc(O)c(O)c1C(C)(CCC)C2CC. The highest BCUT2D eigenvalue weighted by atomic mass is 16.3. The first kappa shape index (κ1) is 21.9. The lowest BCUT2D eigenvalue weighted by Gasteiger charge is -2.42. The molecule has 4 N–H and O–H groups in total. The Kier molecular flexibility index (Phi) is 4.99. The van der Waals surface area contributed by atoms with Gasteiger partial charge in [-0.3, -0.25) is 0 Å². The van der Waals surface area contributed by atoms with Gasteiger partial charge in [-0.15, -0.1) is 0 Å². The van der Waals surface area contributed by atoms with Crippen LogP contribution in [0.25, 0.3) is 0 Å². The molecule has 4 heteroatoms. The van der Waals surface area contributed by atoms with Crippen LogP contribution >= 0.6 is 0 Å². The highest BCUT2D eigenvalue weighted by Crippen LogP contribution is 2.71. The van der Waals surface area contributed by atoms with Crippen molar-refractivity contribution in [1.82, 2.24) is 0 Å². The van der Waals surface area contributed by atoms with Gasteiger partial charge < -0.3 is 20.4 Å². The van der Waals surface area contributed by atoms with Gasteiger partial charge in [0.15, 0.2) is 23.0 Å². The summed E-state index contributed by atoms with van der Waals surface area (Å²) in [7, 11) is 0. The molecule has 0 amide bonds. The van der Waals surface area contributed by atoms with E-state index < -0.39 is 0 Å². The van der Waals surface area contributed by atoms with Gasteiger partial charge in [-0.2, -0.15) is 0 Å². The number of fused-ring (bicyclic) bond motifs is 4. The van der Waals surface area contributed by atoms with E-state index in [-0.39, 0.29) is 45.2 Å². The second-order valence-electron chi connectivity index (χ2n) is 10.3. The Morgan fingerprint density at radius 3 is 1.81 bits per heavy atom. The quantitative estimate of drug-likeness (QED) is 0.421. The number of hydrogen-bond donors (Lipinski definition) is 4. The van der Waals surface area contributed by atoms with Crippen LogP contribution in [0.4, 0.5) is 0 Å². The fraction of sp³-hybridized carbons (Fsp3) is 0.556. The summed E-state index contributed by atoms with van der Waals surface area (Å²) in [6, 6.07) is 7.18. The van der Waals surface area contributed by atoms with Gasteiger partial charge in [-0.05, 0) is 53.9 Å². The molecular formula is C27H36O4. The molecule has 2 aromatic carbocycles. The maximum atomic E-state index is 11.1. The maximum absolute atomic E-state index is 11.1. The predicted octanol–water partition coefficient (Wildman–Crippen LogP) is 6.35. The van der Waals surface area contributed by atoms with E-state index in [1.54, 1.807) is 12.1 Å². The summed E-state index contributed by atoms with van der Waals surface area (Å²) in [6.45, 7) is 11.0. The molecule has 2 aliphatic rings. The summed E-state index contributed by atoms with van der Waals surface area (Å²) in [6.07, 6.45) is 5.47. The van der Waals surface area contributed by atoms with Crippen molar-refractivity contribution in [2.24, 2.45) is 5.92 Å². The molecule has 0 bridgehead atoms. The zero-order chi connectivity index (χ0) is 22.8. The van der Waals surface area contributed by atoms with Crippen LogP contribution in [-0.2, 0) is 16.2 Å². The number of aromatic hydroxyl groups is 4. The standard InChI is InChI=1S/C27H36O4/c1-6-13-25(4)15-27(16-9-11-18(28)23(30)21(16)25)17-10-12-19(29)24(31)22(17)26(5,14-7-2)20(27)8-3/h9-12,20,28-31H,6-8,13-15H2,1-5H3. The third-order valence-electron chi connectivity index (χ3n) is 8.46. The Bertz CT molecular complexity index is 1020. The molecule has 0 saturated carbocycles. The van der Waals surface area contributed by atoms with Crippen molar-refractivity contribution in [2.45, 2.75) is 89.4 Å². The zero-order valence-electron chi connectivity index (χ0n) is 19.4. The molecule has 0 saturated heterocycles. The summed E-state index contributed by atoms with van der Waals surface area (Å²) in [4.78, 5) is 0. The maximum Gasteiger partial charge on any atom is 0.161 e. The van der Waals surface area contributed by atoms with Crippen LogP contribution < -0.4 is 0 Å². The third-order valence-corrected chi connectivity index (χ3v) is 8.46. The van der Waals surface area contributed by atoms with Gasteiger partial charge in [0.25, 0.3) is 0 Å². The van der Waals surface area contributed by atoms with E-state index in [2.05, 4.69) is 34.6 Å². The molecule has 4 nitrogen and oxygen atoms in total. The normalized spacial score (nSPS) is 31.2. The topological polar surface area (TPSA) is 80.9 Å². The Hall–Kier alpha value is -2.36. The lowest BCUT2D eigenvalue weighted by Crippen LogP contribution is -2.40. The van der Waals surface area contributed by atoms with E-state index in [0.717, 1.165) is 60.8 Å². The molecule has 4 unspecified atom stereocenters. The molecule has 0 aliphatic heterocycles. The van der Waals surface area contributed by atoms with Gasteiger partial charge in [0.1, 0.15) is 0 Å². The molecule has 2 aliphatic carbocycles. The molecule has 4 rings (SSSR count). The Morgan fingerprint density at radius 2 is 1.29 bits per heavy atom. The summed E-state index contributed by atoms with van der Waals surface area (Å²) < 4.78 is 0. The third kappa shape index (κ3) is 2.60. The molecule has 2 aromatic rings. The van der Waals surface area contributed by atoms with Gasteiger partial charge in [-0.25, -0.2) is 0 Å². The fourth-order valence-corrected chi connectivity index (χ4v) is 7.73. The van der Waals surface area contributed by atoms with E-state index in [0.29, 0.717) is 0 Å². The molecule has 1 spiro atoms. The van der Waals surface area contributed by atoms with Gasteiger partial charge in [0.2, 0.25) is 0 Å². The zero-order valence-corrected chi connectivity index (χ0v) is 19.4.